The summed E-state index contributed by atoms with van der Waals surface area (Å²) in [4.78, 5) is 4.59. The number of hydroxylamine groups is 1. The molecule has 0 aliphatic carbocycles. The number of aromatic nitrogens is 1. The van der Waals surface area contributed by atoms with E-state index >= 15 is 0 Å². The standard InChI is InChI=1S/C12H17N2O/c1-3-9-8-12-10(11(4-2)13-9)6-5-7-14(12)15/h8H,3-7H2,1-2H3/q-1. The van der Waals surface area contributed by atoms with Crippen LogP contribution in [0, 0.1) is 5.21 Å². The summed E-state index contributed by atoms with van der Waals surface area (Å²) in [5.41, 5.74) is 4.19. The first kappa shape index (κ1) is 10.4. The van der Waals surface area contributed by atoms with Crippen molar-refractivity contribution in [3.63, 3.8) is 0 Å². The van der Waals surface area contributed by atoms with Gasteiger partial charge in [-0.2, -0.15) is 0 Å². The fourth-order valence-corrected chi connectivity index (χ4v) is 2.15. The SMILES string of the molecule is CCc1cc2c(c(CC)n1)CCCN2[O-]. The van der Waals surface area contributed by atoms with Gasteiger partial charge in [-0.05, 0) is 37.3 Å². The van der Waals surface area contributed by atoms with Gasteiger partial charge in [0.2, 0.25) is 0 Å². The Morgan fingerprint density at radius 1 is 1.40 bits per heavy atom. The molecule has 82 valence electrons. The molecule has 0 radical (unpaired) electrons. The van der Waals surface area contributed by atoms with Crippen molar-refractivity contribution in [1.29, 1.82) is 0 Å². The summed E-state index contributed by atoms with van der Waals surface area (Å²) in [6.07, 6.45) is 3.78. The third-order valence-corrected chi connectivity index (χ3v) is 2.99. The van der Waals surface area contributed by atoms with Gasteiger partial charge in [0, 0.05) is 23.6 Å². The van der Waals surface area contributed by atoms with Crippen LogP contribution in [-0.2, 0) is 19.3 Å². The summed E-state index contributed by atoms with van der Waals surface area (Å²) in [5.74, 6) is 0. The van der Waals surface area contributed by atoms with Crippen LogP contribution in [0.3, 0.4) is 0 Å². The van der Waals surface area contributed by atoms with Crippen LogP contribution in [0.5, 0.6) is 0 Å². The highest BCUT2D eigenvalue weighted by Gasteiger charge is 2.15. The number of hydrogen-bond acceptors (Lipinski definition) is 3. The summed E-state index contributed by atoms with van der Waals surface area (Å²) in [6.45, 7) is 4.81. The quantitative estimate of drug-likeness (QED) is 0.744. The third kappa shape index (κ3) is 1.84. The summed E-state index contributed by atoms with van der Waals surface area (Å²) >= 11 is 0. The maximum absolute atomic E-state index is 11.7. The molecule has 0 fully saturated rings. The monoisotopic (exact) mass is 205 g/mol. The van der Waals surface area contributed by atoms with Crippen molar-refractivity contribution < 1.29 is 0 Å². The van der Waals surface area contributed by atoms with Gasteiger partial charge in [0.15, 0.2) is 0 Å². The molecule has 0 bridgehead atoms. The molecule has 2 heterocycles. The minimum atomic E-state index is 0.628. The molecule has 1 aromatic heterocycles. The lowest BCUT2D eigenvalue weighted by molar-refractivity contribution is 0.741. The van der Waals surface area contributed by atoms with Crippen molar-refractivity contribution in [1.82, 2.24) is 4.98 Å². The normalized spacial score (nSPS) is 15.3. The molecule has 1 aliphatic rings. The molecule has 15 heavy (non-hydrogen) atoms. The first-order valence-corrected chi connectivity index (χ1v) is 5.72. The smallest absolute Gasteiger partial charge is 0.0456 e. The van der Waals surface area contributed by atoms with Crippen molar-refractivity contribution >= 4 is 5.69 Å². The lowest BCUT2D eigenvalue weighted by Crippen LogP contribution is -2.24. The Morgan fingerprint density at radius 3 is 2.87 bits per heavy atom. The molecule has 0 saturated heterocycles. The first-order chi connectivity index (χ1) is 7.26. The van der Waals surface area contributed by atoms with E-state index in [0.29, 0.717) is 6.54 Å². The fourth-order valence-electron chi connectivity index (χ4n) is 2.15. The number of aryl methyl sites for hydroxylation is 2. The van der Waals surface area contributed by atoms with Crippen LogP contribution in [0.25, 0.3) is 0 Å². The summed E-state index contributed by atoms with van der Waals surface area (Å²) in [5, 5.41) is 12.8. The molecule has 0 amide bonds. The van der Waals surface area contributed by atoms with Gasteiger partial charge in [-0.15, -0.1) is 0 Å². The van der Waals surface area contributed by atoms with Gasteiger partial charge in [-0.1, -0.05) is 13.8 Å². The molecule has 2 rings (SSSR count). The van der Waals surface area contributed by atoms with Gasteiger partial charge in [-0.3, -0.25) is 4.98 Å². The second kappa shape index (κ2) is 4.19. The van der Waals surface area contributed by atoms with E-state index in [-0.39, 0.29) is 0 Å². The minimum Gasteiger partial charge on any atom is -0.758 e. The van der Waals surface area contributed by atoms with E-state index in [1.807, 2.05) is 6.07 Å². The fraction of sp³-hybridized carbons (Fsp3) is 0.583. The Labute approximate surface area is 90.7 Å². The van der Waals surface area contributed by atoms with Crippen LogP contribution in [0.2, 0.25) is 0 Å². The third-order valence-electron chi connectivity index (χ3n) is 2.99. The second-order valence-electron chi connectivity index (χ2n) is 3.97. The number of hydrogen-bond donors (Lipinski definition) is 0. The Bertz CT molecular complexity index is 363. The van der Waals surface area contributed by atoms with Crippen molar-refractivity contribution in [2.45, 2.75) is 39.5 Å². The molecule has 0 atom stereocenters. The molecule has 0 aromatic carbocycles. The minimum absolute atomic E-state index is 0.628. The van der Waals surface area contributed by atoms with Gasteiger partial charge >= 0.3 is 0 Å². The van der Waals surface area contributed by atoms with Crippen LogP contribution in [0.4, 0.5) is 5.69 Å². The van der Waals surface area contributed by atoms with Crippen LogP contribution < -0.4 is 5.06 Å². The molecule has 1 aliphatic heterocycles. The molecule has 0 saturated carbocycles. The highest BCUT2D eigenvalue weighted by molar-refractivity contribution is 5.58. The largest absolute Gasteiger partial charge is 0.758 e. The van der Waals surface area contributed by atoms with E-state index in [1.54, 1.807) is 0 Å². The molecule has 0 N–H and O–H groups in total. The molecule has 0 spiro atoms. The zero-order chi connectivity index (χ0) is 10.8. The van der Waals surface area contributed by atoms with E-state index < -0.39 is 0 Å². The zero-order valence-electron chi connectivity index (χ0n) is 9.42. The van der Waals surface area contributed by atoms with Gasteiger partial charge in [0.1, 0.15) is 0 Å². The maximum atomic E-state index is 11.7. The van der Waals surface area contributed by atoms with E-state index in [0.717, 1.165) is 47.8 Å². The van der Waals surface area contributed by atoms with Crippen molar-refractivity contribution in [3.8, 4) is 0 Å². The Morgan fingerprint density at radius 2 is 2.20 bits per heavy atom. The number of pyridine rings is 1. The van der Waals surface area contributed by atoms with E-state index in [9.17, 15) is 5.21 Å². The van der Waals surface area contributed by atoms with E-state index in [1.165, 1.54) is 5.56 Å². The van der Waals surface area contributed by atoms with Crippen LogP contribution in [-0.4, -0.2) is 11.5 Å². The topological polar surface area (TPSA) is 39.2 Å². The number of fused-ring (bicyclic) bond motifs is 1. The first-order valence-electron chi connectivity index (χ1n) is 5.72. The molecule has 3 nitrogen and oxygen atoms in total. The maximum Gasteiger partial charge on any atom is 0.0456 e. The van der Waals surface area contributed by atoms with Crippen LogP contribution in [0.15, 0.2) is 6.07 Å². The van der Waals surface area contributed by atoms with Crippen molar-refractivity contribution in [3.05, 3.63) is 28.2 Å². The van der Waals surface area contributed by atoms with Crippen molar-refractivity contribution in [2.75, 3.05) is 11.6 Å². The lowest BCUT2D eigenvalue weighted by Gasteiger charge is -2.37. The summed E-state index contributed by atoms with van der Waals surface area (Å²) in [7, 11) is 0. The number of rotatable bonds is 2. The summed E-state index contributed by atoms with van der Waals surface area (Å²) in [6, 6.07) is 1.96. The van der Waals surface area contributed by atoms with Gasteiger partial charge < -0.3 is 10.3 Å². The van der Waals surface area contributed by atoms with Gasteiger partial charge in [-0.25, -0.2) is 0 Å². The highest BCUT2D eigenvalue weighted by Crippen LogP contribution is 2.29. The summed E-state index contributed by atoms with van der Waals surface area (Å²) < 4.78 is 0. The Kier molecular flexibility index (Phi) is 2.91. The van der Waals surface area contributed by atoms with Gasteiger partial charge in [0.05, 0.1) is 0 Å². The molecular formula is C12H17N2O-. The number of anilines is 1. The number of nitrogens with zero attached hydrogens (tertiary/aromatic N) is 2. The molecule has 1 aromatic rings. The predicted octanol–water partition coefficient (Wildman–Crippen LogP) is 2.46. The average Bonchev–Trinajstić information content (AvgIpc) is 2.28. The second-order valence-corrected chi connectivity index (χ2v) is 3.97. The van der Waals surface area contributed by atoms with Crippen LogP contribution in [0.1, 0.15) is 37.2 Å². The predicted molar refractivity (Wildman–Crippen MR) is 62.0 cm³/mol. The van der Waals surface area contributed by atoms with Gasteiger partial charge in [0.25, 0.3) is 0 Å². The molecule has 0 unspecified atom stereocenters. The van der Waals surface area contributed by atoms with Crippen molar-refractivity contribution in [2.24, 2.45) is 0 Å². The van der Waals surface area contributed by atoms with E-state index in [4.69, 9.17) is 0 Å². The molecule has 3 heteroatoms. The Balaban J connectivity index is 2.52. The Hall–Kier alpha value is -1.09. The zero-order valence-corrected chi connectivity index (χ0v) is 9.42. The average molecular weight is 205 g/mol. The lowest BCUT2D eigenvalue weighted by atomic mass is 9.99. The highest BCUT2D eigenvalue weighted by atomic mass is 16.5. The van der Waals surface area contributed by atoms with E-state index in [2.05, 4.69) is 18.8 Å². The van der Waals surface area contributed by atoms with Crippen LogP contribution >= 0.6 is 0 Å². The molecular weight excluding hydrogens is 188 g/mol.